The van der Waals surface area contributed by atoms with Gasteiger partial charge in [0.05, 0.1) is 11.1 Å². The number of nitrogens with one attached hydrogen (secondary N) is 1. The number of aliphatic hydroxyl groups excluding tert-OH is 1. The van der Waals surface area contributed by atoms with Crippen LogP contribution in [0.25, 0.3) is 0 Å². The lowest BCUT2D eigenvalue weighted by atomic mass is 10.1. The third-order valence-electron chi connectivity index (χ3n) is 3.25. The van der Waals surface area contributed by atoms with Crippen LogP contribution in [0.15, 0.2) is 42.5 Å². The van der Waals surface area contributed by atoms with Gasteiger partial charge in [0.2, 0.25) is 0 Å². The van der Waals surface area contributed by atoms with Gasteiger partial charge in [-0.1, -0.05) is 23.7 Å². The molecule has 1 amide bonds. The monoisotopic (exact) mass is 407 g/mol. The maximum atomic E-state index is 13.0. The minimum absolute atomic E-state index is 0.152. The Morgan fingerprint density at radius 3 is 2.37 bits per heavy atom. The molecule has 2 rings (SSSR count). The maximum Gasteiger partial charge on any atom is 0.573 e. The highest BCUT2D eigenvalue weighted by Crippen LogP contribution is 2.24. The van der Waals surface area contributed by atoms with Crippen molar-refractivity contribution in [2.45, 2.75) is 12.5 Å². The fourth-order valence-electron chi connectivity index (χ4n) is 1.99. The van der Waals surface area contributed by atoms with Gasteiger partial charge in [0, 0.05) is 12.6 Å². The number of hydrogen-bond donors (Lipinski definition) is 2. The Balaban J connectivity index is 1.79. The maximum absolute atomic E-state index is 13.0. The summed E-state index contributed by atoms with van der Waals surface area (Å²) in [5.74, 6) is -1.42. The molecule has 5 nitrogen and oxygen atoms in total. The first kappa shape index (κ1) is 20.8. The molecule has 2 N–H and O–H groups in total. The van der Waals surface area contributed by atoms with E-state index in [9.17, 15) is 27.5 Å². The lowest BCUT2D eigenvalue weighted by Crippen LogP contribution is -2.32. The van der Waals surface area contributed by atoms with Gasteiger partial charge in [-0.2, -0.15) is 0 Å². The molecule has 0 saturated heterocycles. The van der Waals surface area contributed by atoms with Gasteiger partial charge in [-0.25, -0.2) is 4.39 Å². The van der Waals surface area contributed by atoms with E-state index in [-0.39, 0.29) is 22.9 Å². The van der Waals surface area contributed by atoms with Crippen LogP contribution in [-0.4, -0.2) is 30.5 Å². The van der Waals surface area contributed by atoms with E-state index in [0.29, 0.717) is 0 Å². The molecule has 1 atom stereocenters. The van der Waals surface area contributed by atoms with Crippen molar-refractivity contribution in [1.82, 2.24) is 5.32 Å². The van der Waals surface area contributed by atoms with Crippen molar-refractivity contribution in [1.29, 1.82) is 0 Å². The van der Waals surface area contributed by atoms with E-state index < -0.39 is 36.5 Å². The summed E-state index contributed by atoms with van der Waals surface area (Å²) >= 11 is 5.59. The van der Waals surface area contributed by atoms with Crippen LogP contribution in [0.3, 0.4) is 0 Å². The third-order valence-corrected chi connectivity index (χ3v) is 3.54. The molecule has 10 heteroatoms. The molecule has 0 bridgehead atoms. The largest absolute Gasteiger partial charge is 0.573 e. The van der Waals surface area contributed by atoms with Crippen molar-refractivity contribution in [3.63, 3.8) is 0 Å². The fourth-order valence-corrected chi connectivity index (χ4v) is 2.16. The lowest BCUT2D eigenvalue weighted by molar-refractivity contribution is -0.274. The first-order valence-electron chi connectivity index (χ1n) is 7.52. The molecule has 0 saturated carbocycles. The van der Waals surface area contributed by atoms with Crippen LogP contribution in [0.1, 0.15) is 11.7 Å². The zero-order valence-corrected chi connectivity index (χ0v) is 14.4. The van der Waals surface area contributed by atoms with E-state index >= 15 is 0 Å². The number of ether oxygens (including phenoxy) is 2. The van der Waals surface area contributed by atoms with Crippen LogP contribution < -0.4 is 14.8 Å². The Kier molecular flexibility index (Phi) is 6.86. The summed E-state index contributed by atoms with van der Waals surface area (Å²) in [7, 11) is 0. The van der Waals surface area contributed by atoms with Gasteiger partial charge in [-0.3, -0.25) is 4.79 Å². The van der Waals surface area contributed by atoms with E-state index in [4.69, 9.17) is 16.3 Å². The Labute approximate surface area is 156 Å². The van der Waals surface area contributed by atoms with Crippen molar-refractivity contribution >= 4 is 17.5 Å². The number of carbonyl (C=O) groups is 1. The summed E-state index contributed by atoms with van der Waals surface area (Å²) in [6.07, 6.45) is -5.95. The lowest BCUT2D eigenvalue weighted by Gasteiger charge is -2.14. The Hall–Kier alpha value is -2.52. The molecule has 0 aliphatic rings. The molecule has 0 radical (unpaired) electrons. The molecule has 0 aliphatic carbocycles. The van der Waals surface area contributed by atoms with Gasteiger partial charge >= 0.3 is 6.36 Å². The molecule has 0 fully saturated rings. The molecule has 2 aromatic carbocycles. The molecule has 2 aromatic rings. The molecular formula is C17H14ClF4NO4. The van der Waals surface area contributed by atoms with E-state index in [1.165, 1.54) is 24.3 Å². The highest BCUT2D eigenvalue weighted by Gasteiger charge is 2.31. The third kappa shape index (κ3) is 6.95. The summed E-state index contributed by atoms with van der Waals surface area (Å²) in [6.45, 7) is -0.584. The Morgan fingerprint density at radius 1 is 1.15 bits per heavy atom. The van der Waals surface area contributed by atoms with Gasteiger partial charge in [0.25, 0.3) is 5.91 Å². The molecule has 0 heterocycles. The number of carbonyl (C=O) groups excluding carboxylic acids is 1. The van der Waals surface area contributed by atoms with Crippen molar-refractivity contribution in [3.05, 3.63) is 58.9 Å². The van der Waals surface area contributed by atoms with Crippen LogP contribution in [0.5, 0.6) is 11.5 Å². The van der Waals surface area contributed by atoms with E-state index in [1.807, 2.05) is 0 Å². The van der Waals surface area contributed by atoms with Crippen molar-refractivity contribution in [2.75, 3.05) is 13.2 Å². The zero-order valence-electron chi connectivity index (χ0n) is 13.6. The second-order valence-electron chi connectivity index (χ2n) is 5.30. The number of benzene rings is 2. The van der Waals surface area contributed by atoms with Crippen LogP contribution in [-0.2, 0) is 4.79 Å². The highest BCUT2D eigenvalue weighted by atomic mass is 35.5. The molecule has 27 heavy (non-hydrogen) atoms. The van der Waals surface area contributed by atoms with Crippen LogP contribution in [0, 0.1) is 5.82 Å². The summed E-state index contributed by atoms with van der Waals surface area (Å²) in [6, 6.07) is 8.19. The normalized spacial score (nSPS) is 12.4. The fraction of sp³-hybridized carbons (Fsp3) is 0.235. The van der Waals surface area contributed by atoms with E-state index in [2.05, 4.69) is 10.1 Å². The molecule has 0 aliphatic heterocycles. The highest BCUT2D eigenvalue weighted by molar-refractivity contribution is 6.30. The molecular weight excluding hydrogens is 394 g/mol. The molecule has 146 valence electrons. The van der Waals surface area contributed by atoms with Crippen molar-refractivity contribution < 1.29 is 36.9 Å². The van der Waals surface area contributed by atoms with Crippen LogP contribution in [0.4, 0.5) is 17.6 Å². The van der Waals surface area contributed by atoms with Crippen LogP contribution >= 0.6 is 11.6 Å². The number of aliphatic hydroxyl groups is 1. The Bertz CT molecular complexity index is 783. The standard InChI is InChI=1S/C17H14ClF4NO4/c18-13-7-12(5-6-14(13)19)26-9-16(25)23-8-15(24)10-1-3-11(4-2-10)27-17(20,21)22/h1-7,15,24H,8-9H2,(H,23,25). The molecule has 1 unspecified atom stereocenters. The van der Waals surface area contributed by atoms with Gasteiger partial charge in [0.15, 0.2) is 6.61 Å². The van der Waals surface area contributed by atoms with Gasteiger partial charge in [0.1, 0.15) is 17.3 Å². The number of hydrogen-bond acceptors (Lipinski definition) is 4. The van der Waals surface area contributed by atoms with Crippen molar-refractivity contribution in [2.24, 2.45) is 0 Å². The number of halogens is 5. The summed E-state index contributed by atoms with van der Waals surface area (Å²) in [5, 5.41) is 12.2. The number of rotatable bonds is 7. The average Bonchev–Trinajstić information content (AvgIpc) is 2.60. The van der Waals surface area contributed by atoms with Gasteiger partial charge in [-0.05, 0) is 29.8 Å². The first-order valence-corrected chi connectivity index (χ1v) is 7.90. The van der Waals surface area contributed by atoms with Crippen LogP contribution in [0.2, 0.25) is 5.02 Å². The zero-order chi connectivity index (χ0) is 20.0. The van der Waals surface area contributed by atoms with E-state index in [1.54, 1.807) is 0 Å². The quantitative estimate of drug-likeness (QED) is 0.688. The summed E-state index contributed by atoms with van der Waals surface area (Å²) in [5.41, 5.74) is 0.288. The number of alkyl halides is 3. The number of amides is 1. The SMILES string of the molecule is O=C(COc1ccc(F)c(Cl)c1)NCC(O)c1ccc(OC(F)(F)F)cc1. The van der Waals surface area contributed by atoms with Gasteiger partial charge in [-0.15, -0.1) is 13.2 Å². The predicted molar refractivity (Wildman–Crippen MR) is 88.0 cm³/mol. The minimum atomic E-state index is -4.80. The predicted octanol–water partition coefficient (Wildman–Crippen LogP) is 3.61. The second-order valence-corrected chi connectivity index (χ2v) is 5.71. The van der Waals surface area contributed by atoms with Gasteiger partial charge < -0.3 is 19.9 Å². The van der Waals surface area contributed by atoms with E-state index in [0.717, 1.165) is 18.2 Å². The smallest absolute Gasteiger partial charge is 0.484 e. The first-order chi connectivity index (χ1) is 12.6. The van der Waals surface area contributed by atoms with Crippen molar-refractivity contribution in [3.8, 4) is 11.5 Å². The molecule has 0 spiro atoms. The summed E-state index contributed by atoms with van der Waals surface area (Å²) < 4.78 is 58.1. The second kappa shape index (κ2) is 8.92. The minimum Gasteiger partial charge on any atom is -0.484 e. The topological polar surface area (TPSA) is 67.8 Å². The average molecular weight is 408 g/mol. The molecule has 0 aromatic heterocycles. The summed E-state index contributed by atoms with van der Waals surface area (Å²) in [4.78, 5) is 11.7. The Morgan fingerprint density at radius 2 is 1.78 bits per heavy atom.